The molecule has 2 fully saturated rings. The number of aryl methyl sites for hydroxylation is 1. The van der Waals surface area contributed by atoms with Crippen LogP contribution in [0.3, 0.4) is 0 Å². The van der Waals surface area contributed by atoms with E-state index in [0.717, 1.165) is 38.4 Å². The Morgan fingerprint density at radius 1 is 1.17 bits per heavy atom. The predicted octanol–water partition coefficient (Wildman–Crippen LogP) is 1.51. The third-order valence-corrected chi connectivity index (χ3v) is 5.42. The molecule has 0 aliphatic carbocycles. The van der Waals surface area contributed by atoms with E-state index in [0.29, 0.717) is 18.4 Å². The molecule has 2 atom stereocenters. The van der Waals surface area contributed by atoms with Crippen molar-refractivity contribution in [2.75, 3.05) is 39.9 Å². The second kappa shape index (κ2) is 6.22. The molecule has 1 aromatic carbocycles. The van der Waals surface area contributed by atoms with E-state index in [2.05, 4.69) is 39.7 Å². The Morgan fingerprint density at radius 2 is 2.00 bits per heavy atom. The molecule has 0 spiro atoms. The lowest BCUT2D eigenvalue weighted by Crippen LogP contribution is -2.45. The van der Waals surface area contributed by atoms with Crippen LogP contribution in [0.5, 0.6) is 0 Å². The third-order valence-electron chi connectivity index (χ3n) is 5.42. The van der Waals surface area contributed by atoms with Gasteiger partial charge in [0, 0.05) is 49.7 Å². The zero-order chi connectivity index (χ0) is 16.7. The molecule has 0 saturated carbocycles. The molecule has 2 aromatic rings. The van der Waals surface area contributed by atoms with Crippen molar-refractivity contribution in [2.45, 2.75) is 12.5 Å². The fraction of sp³-hybridized carbons (Fsp3) is 0.526. The molecule has 2 saturated heterocycles. The zero-order valence-electron chi connectivity index (χ0n) is 14.4. The number of amides is 1. The molecular weight excluding hydrogens is 302 g/mol. The number of hydrogen-bond acceptors (Lipinski definition) is 3. The molecule has 128 valence electrons. The van der Waals surface area contributed by atoms with Gasteiger partial charge in [-0.05, 0) is 18.7 Å². The van der Waals surface area contributed by atoms with Gasteiger partial charge in [0.1, 0.15) is 0 Å². The molecule has 4 rings (SSSR count). The molecule has 1 aromatic heterocycles. The second-order valence-corrected chi connectivity index (χ2v) is 7.25. The molecule has 0 radical (unpaired) electrons. The van der Waals surface area contributed by atoms with Crippen LogP contribution < -0.4 is 0 Å². The monoisotopic (exact) mass is 327 g/mol. The van der Waals surface area contributed by atoms with E-state index < -0.39 is 0 Å². The topological polar surface area (TPSA) is 37.7 Å². The molecule has 0 N–H and O–H groups in total. The zero-order valence-corrected chi connectivity index (χ0v) is 14.4. The highest BCUT2D eigenvalue weighted by atomic mass is 16.5. The van der Waals surface area contributed by atoms with Crippen LogP contribution in [0.25, 0.3) is 10.9 Å². The summed E-state index contributed by atoms with van der Waals surface area (Å²) < 4.78 is 7.86. The van der Waals surface area contributed by atoms with Crippen molar-refractivity contribution in [3.05, 3.63) is 36.0 Å². The van der Waals surface area contributed by atoms with Crippen LogP contribution in [0, 0.1) is 5.92 Å². The number of fused-ring (bicyclic) bond motifs is 4. The van der Waals surface area contributed by atoms with E-state index in [9.17, 15) is 4.79 Å². The van der Waals surface area contributed by atoms with Gasteiger partial charge in [-0.2, -0.15) is 0 Å². The molecule has 5 heteroatoms. The first-order valence-electron chi connectivity index (χ1n) is 8.70. The van der Waals surface area contributed by atoms with Gasteiger partial charge < -0.3 is 14.2 Å². The first kappa shape index (κ1) is 15.7. The van der Waals surface area contributed by atoms with E-state index in [1.165, 1.54) is 10.9 Å². The SMILES string of the molecule is CN1C[C@H]2COC[C@@H]1CN(C(=O)Cc1cn(C)c3ccccc13)C2. The summed E-state index contributed by atoms with van der Waals surface area (Å²) in [4.78, 5) is 17.4. The number of hydrogen-bond donors (Lipinski definition) is 0. The molecular formula is C19H25N3O2. The number of nitrogens with zero attached hydrogens (tertiary/aromatic N) is 3. The molecule has 2 aliphatic rings. The highest BCUT2D eigenvalue weighted by molar-refractivity contribution is 5.89. The molecule has 1 amide bonds. The van der Waals surface area contributed by atoms with E-state index in [4.69, 9.17) is 4.74 Å². The number of aromatic nitrogens is 1. The van der Waals surface area contributed by atoms with Crippen LogP contribution in [0.4, 0.5) is 0 Å². The predicted molar refractivity (Wildman–Crippen MR) is 93.9 cm³/mol. The fourth-order valence-electron chi connectivity index (χ4n) is 4.09. The minimum atomic E-state index is 0.235. The fourth-order valence-corrected chi connectivity index (χ4v) is 4.09. The van der Waals surface area contributed by atoms with Crippen molar-refractivity contribution < 1.29 is 9.53 Å². The van der Waals surface area contributed by atoms with Gasteiger partial charge in [0.25, 0.3) is 0 Å². The molecule has 5 nitrogen and oxygen atoms in total. The average molecular weight is 327 g/mol. The van der Waals surface area contributed by atoms with E-state index in [1.807, 2.05) is 19.2 Å². The van der Waals surface area contributed by atoms with Gasteiger partial charge >= 0.3 is 0 Å². The normalized spacial score (nSPS) is 25.0. The first-order chi connectivity index (χ1) is 11.6. The van der Waals surface area contributed by atoms with E-state index >= 15 is 0 Å². The minimum Gasteiger partial charge on any atom is -0.379 e. The molecule has 2 bridgehead atoms. The quantitative estimate of drug-likeness (QED) is 0.839. The standard InChI is InChI=1S/C19H25N3O2/c1-20-8-14-9-22(11-16(20)13-24-12-14)19(23)7-15-10-21(2)18-6-4-3-5-17(15)18/h3-6,10,14,16H,7-9,11-13H2,1-2H3/t14-,16+/m1/s1. The summed E-state index contributed by atoms with van der Waals surface area (Å²) in [7, 11) is 4.18. The summed E-state index contributed by atoms with van der Waals surface area (Å²) in [5, 5.41) is 1.18. The van der Waals surface area contributed by atoms with Gasteiger partial charge in [0.15, 0.2) is 0 Å². The molecule has 3 heterocycles. The number of ether oxygens (including phenoxy) is 1. The second-order valence-electron chi connectivity index (χ2n) is 7.25. The summed E-state index contributed by atoms with van der Waals surface area (Å²) in [6.45, 7) is 4.09. The van der Waals surface area contributed by atoms with Crippen LogP contribution in [0.1, 0.15) is 5.56 Å². The number of carbonyl (C=O) groups excluding carboxylic acids is 1. The Morgan fingerprint density at radius 3 is 2.88 bits per heavy atom. The van der Waals surface area contributed by atoms with Crippen molar-refractivity contribution in [3.63, 3.8) is 0 Å². The Kier molecular flexibility index (Phi) is 4.06. The summed E-state index contributed by atoms with van der Waals surface area (Å²) in [5.41, 5.74) is 2.30. The molecule has 2 aliphatic heterocycles. The van der Waals surface area contributed by atoms with Gasteiger partial charge in [-0.1, -0.05) is 18.2 Å². The number of para-hydroxylation sites is 1. The van der Waals surface area contributed by atoms with Crippen LogP contribution in [0.15, 0.2) is 30.5 Å². The average Bonchev–Trinajstić information content (AvgIpc) is 2.68. The minimum absolute atomic E-state index is 0.235. The van der Waals surface area contributed by atoms with Crippen LogP contribution in [0.2, 0.25) is 0 Å². The lowest BCUT2D eigenvalue weighted by Gasteiger charge is -2.29. The van der Waals surface area contributed by atoms with Crippen molar-refractivity contribution in [2.24, 2.45) is 13.0 Å². The Labute approximate surface area is 142 Å². The summed E-state index contributed by atoms with van der Waals surface area (Å²) in [6.07, 6.45) is 2.57. The molecule has 0 unspecified atom stereocenters. The van der Waals surface area contributed by atoms with Crippen LogP contribution in [-0.2, 0) is 23.0 Å². The number of carbonyl (C=O) groups is 1. The molecule has 24 heavy (non-hydrogen) atoms. The summed E-state index contributed by atoms with van der Waals surface area (Å²) >= 11 is 0. The van der Waals surface area contributed by atoms with E-state index in [-0.39, 0.29) is 5.91 Å². The van der Waals surface area contributed by atoms with Gasteiger partial charge in [-0.15, -0.1) is 0 Å². The van der Waals surface area contributed by atoms with Crippen LogP contribution >= 0.6 is 0 Å². The highest BCUT2D eigenvalue weighted by Crippen LogP contribution is 2.23. The maximum atomic E-state index is 13.0. The summed E-state index contributed by atoms with van der Waals surface area (Å²) in [6, 6.07) is 8.61. The van der Waals surface area contributed by atoms with Crippen molar-refractivity contribution in [1.29, 1.82) is 0 Å². The number of rotatable bonds is 2. The Balaban J connectivity index is 1.55. The van der Waals surface area contributed by atoms with Crippen molar-refractivity contribution in [3.8, 4) is 0 Å². The van der Waals surface area contributed by atoms with Gasteiger partial charge in [-0.25, -0.2) is 0 Å². The third kappa shape index (κ3) is 2.82. The van der Waals surface area contributed by atoms with Gasteiger partial charge in [-0.3, -0.25) is 9.69 Å². The smallest absolute Gasteiger partial charge is 0.227 e. The van der Waals surface area contributed by atoms with Crippen molar-refractivity contribution in [1.82, 2.24) is 14.4 Å². The number of likely N-dealkylation sites (N-methyl/N-ethyl adjacent to an activating group) is 1. The Bertz CT molecular complexity index is 754. The number of benzene rings is 1. The van der Waals surface area contributed by atoms with E-state index in [1.54, 1.807) is 0 Å². The summed E-state index contributed by atoms with van der Waals surface area (Å²) in [5.74, 6) is 0.650. The van der Waals surface area contributed by atoms with Crippen LogP contribution in [-0.4, -0.2) is 66.2 Å². The maximum absolute atomic E-state index is 13.0. The lowest BCUT2D eigenvalue weighted by atomic mass is 10.1. The van der Waals surface area contributed by atoms with Gasteiger partial charge in [0.05, 0.1) is 25.7 Å². The maximum Gasteiger partial charge on any atom is 0.227 e. The first-order valence-corrected chi connectivity index (χ1v) is 8.70. The lowest BCUT2D eigenvalue weighted by molar-refractivity contribution is -0.132. The van der Waals surface area contributed by atoms with Gasteiger partial charge in [0.2, 0.25) is 5.91 Å². The largest absolute Gasteiger partial charge is 0.379 e. The Hall–Kier alpha value is -1.85. The highest BCUT2D eigenvalue weighted by Gasteiger charge is 2.33. The van der Waals surface area contributed by atoms with Crippen molar-refractivity contribution >= 4 is 16.8 Å².